The minimum absolute atomic E-state index is 0. The fourth-order valence-corrected chi connectivity index (χ4v) is 4.69. The van der Waals surface area contributed by atoms with Crippen LogP contribution in [0.1, 0.15) is 33.6 Å². The number of hydrogen-bond donors (Lipinski definition) is 1. The summed E-state index contributed by atoms with van der Waals surface area (Å²) in [5, 5.41) is 3.43. The van der Waals surface area contributed by atoms with Crippen molar-refractivity contribution in [1.82, 2.24) is 29.8 Å². The molecule has 0 aromatic carbocycles. The second-order valence-electron chi connectivity index (χ2n) is 8.81. The lowest BCUT2D eigenvalue weighted by Gasteiger charge is -2.39. The summed E-state index contributed by atoms with van der Waals surface area (Å²) in [6.45, 7) is 17.2. The highest BCUT2D eigenvalue weighted by Crippen LogP contribution is 2.14. The smallest absolute Gasteiger partial charge is 0.239 e. The van der Waals surface area contributed by atoms with Gasteiger partial charge in [0.1, 0.15) is 0 Å². The summed E-state index contributed by atoms with van der Waals surface area (Å²) in [5.74, 6) is 1.43. The van der Waals surface area contributed by atoms with Gasteiger partial charge in [-0.05, 0) is 26.7 Å². The van der Waals surface area contributed by atoms with Crippen molar-refractivity contribution in [3.63, 3.8) is 0 Å². The van der Waals surface area contributed by atoms with Crippen LogP contribution in [0.25, 0.3) is 0 Å². The van der Waals surface area contributed by atoms with Gasteiger partial charge in [0.05, 0.1) is 12.6 Å². The number of halogens is 1. The van der Waals surface area contributed by atoms with Gasteiger partial charge in [-0.15, -0.1) is 24.0 Å². The molecular weight excluding hydrogens is 521 g/mol. The number of hydrogen-bond acceptors (Lipinski definition) is 5. The number of carbonyl (C=O) groups is 2. The fourth-order valence-electron chi connectivity index (χ4n) is 4.69. The Labute approximate surface area is 210 Å². The van der Waals surface area contributed by atoms with Gasteiger partial charge in [0.15, 0.2) is 5.96 Å². The van der Waals surface area contributed by atoms with Crippen molar-refractivity contribution in [2.24, 2.45) is 4.99 Å². The predicted molar refractivity (Wildman–Crippen MR) is 139 cm³/mol. The number of aliphatic imine (C=N–C) groups is 1. The lowest BCUT2D eigenvalue weighted by atomic mass is 10.2. The average Bonchev–Trinajstić information content (AvgIpc) is 3.33. The minimum Gasteiger partial charge on any atom is -0.357 e. The maximum Gasteiger partial charge on any atom is 0.239 e. The molecule has 3 heterocycles. The molecule has 0 aromatic rings. The van der Waals surface area contributed by atoms with E-state index in [1.807, 2.05) is 9.80 Å². The van der Waals surface area contributed by atoms with E-state index in [1.54, 1.807) is 6.92 Å². The Bertz CT molecular complexity index is 626. The molecule has 3 aliphatic rings. The minimum atomic E-state index is -0.0338. The summed E-state index contributed by atoms with van der Waals surface area (Å²) in [6, 6.07) is -0.0338. The number of piperazine rings is 2. The molecule has 0 spiro atoms. The van der Waals surface area contributed by atoms with Gasteiger partial charge < -0.3 is 20.0 Å². The van der Waals surface area contributed by atoms with Crippen LogP contribution in [0.2, 0.25) is 0 Å². The molecule has 1 atom stereocenters. The predicted octanol–water partition coefficient (Wildman–Crippen LogP) is 0.363. The van der Waals surface area contributed by atoms with Crippen LogP contribution in [0, 0.1) is 0 Å². The monoisotopic (exact) mass is 563 g/mol. The summed E-state index contributed by atoms with van der Waals surface area (Å²) < 4.78 is 0. The number of likely N-dealkylation sites (tertiary alicyclic amines) is 1. The van der Waals surface area contributed by atoms with Crippen molar-refractivity contribution in [1.29, 1.82) is 0 Å². The van der Waals surface area contributed by atoms with E-state index in [0.717, 1.165) is 104 Å². The molecule has 3 saturated heterocycles. The number of guanidine groups is 1. The van der Waals surface area contributed by atoms with E-state index < -0.39 is 0 Å². The van der Waals surface area contributed by atoms with Crippen molar-refractivity contribution >= 4 is 41.8 Å². The fraction of sp³-hybridized carbons (Fsp3) is 0.864. The van der Waals surface area contributed by atoms with E-state index in [2.05, 4.69) is 33.9 Å². The Morgan fingerprint density at radius 1 is 0.875 bits per heavy atom. The Balaban J connectivity index is 0.00000363. The summed E-state index contributed by atoms with van der Waals surface area (Å²) in [4.78, 5) is 40.0. The SMILES string of the molecule is CCNC(=NCCN1CCN(C(C)=O)CC1)N1CCN(C(C)C(=O)N2CCCC2)CC1.I. The van der Waals surface area contributed by atoms with E-state index in [9.17, 15) is 9.59 Å². The number of nitrogens with one attached hydrogen (secondary N) is 1. The maximum absolute atomic E-state index is 12.7. The van der Waals surface area contributed by atoms with E-state index in [4.69, 9.17) is 4.99 Å². The summed E-state index contributed by atoms with van der Waals surface area (Å²) in [5.41, 5.74) is 0. The third-order valence-electron chi connectivity index (χ3n) is 6.77. The number of amides is 2. The highest BCUT2D eigenvalue weighted by atomic mass is 127. The van der Waals surface area contributed by atoms with Crippen LogP contribution in [-0.4, -0.2) is 133 Å². The molecule has 32 heavy (non-hydrogen) atoms. The highest BCUT2D eigenvalue weighted by Gasteiger charge is 2.30. The Kier molecular flexibility index (Phi) is 11.5. The van der Waals surface area contributed by atoms with Crippen molar-refractivity contribution in [3.05, 3.63) is 0 Å². The molecule has 3 rings (SSSR count). The summed E-state index contributed by atoms with van der Waals surface area (Å²) in [6.07, 6.45) is 2.28. The van der Waals surface area contributed by atoms with Crippen molar-refractivity contribution < 1.29 is 9.59 Å². The third-order valence-corrected chi connectivity index (χ3v) is 6.77. The van der Waals surface area contributed by atoms with Crippen LogP contribution in [-0.2, 0) is 9.59 Å². The van der Waals surface area contributed by atoms with Crippen LogP contribution in [0.15, 0.2) is 4.99 Å². The van der Waals surface area contributed by atoms with Crippen LogP contribution in [0.4, 0.5) is 0 Å². The molecule has 0 bridgehead atoms. The molecule has 1 unspecified atom stereocenters. The first-order chi connectivity index (χ1) is 15.0. The molecule has 0 aliphatic carbocycles. The zero-order valence-electron chi connectivity index (χ0n) is 20.1. The quantitative estimate of drug-likeness (QED) is 0.286. The third kappa shape index (κ3) is 7.44. The molecular formula is C22H42IN7O2. The molecule has 9 nitrogen and oxygen atoms in total. The largest absolute Gasteiger partial charge is 0.357 e. The molecule has 2 amide bonds. The lowest BCUT2D eigenvalue weighted by Crippen LogP contribution is -2.57. The Morgan fingerprint density at radius 3 is 2.03 bits per heavy atom. The van der Waals surface area contributed by atoms with Gasteiger partial charge in [0.2, 0.25) is 11.8 Å². The number of rotatable bonds is 6. The van der Waals surface area contributed by atoms with E-state index >= 15 is 0 Å². The van der Waals surface area contributed by atoms with Gasteiger partial charge in [-0.3, -0.25) is 24.4 Å². The lowest BCUT2D eigenvalue weighted by molar-refractivity contribution is -0.135. The first-order valence-electron chi connectivity index (χ1n) is 12.0. The topological polar surface area (TPSA) is 74.7 Å². The molecule has 10 heteroatoms. The summed E-state index contributed by atoms with van der Waals surface area (Å²) in [7, 11) is 0. The summed E-state index contributed by atoms with van der Waals surface area (Å²) >= 11 is 0. The Morgan fingerprint density at radius 2 is 1.47 bits per heavy atom. The zero-order chi connectivity index (χ0) is 22.2. The van der Waals surface area contributed by atoms with E-state index in [-0.39, 0.29) is 41.8 Å². The molecule has 0 saturated carbocycles. The van der Waals surface area contributed by atoms with E-state index in [0.29, 0.717) is 0 Å². The van der Waals surface area contributed by atoms with Gasteiger partial charge in [0.25, 0.3) is 0 Å². The van der Waals surface area contributed by atoms with Crippen LogP contribution in [0.3, 0.4) is 0 Å². The van der Waals surface area contributed by atoms with Crippen LogP contribution in [0.5, 0.6) is 0 Å². The first-order valence-corrected chi connectivity index (χ1v) is 12.0. The average molecular weight is 564 g/mol. The van der Waals surface area contributed by atoms with Crippen LogP contribution >= 0.6 is 24.0 Å². The number of nitrogens with zero attached hydrogens (tertiary/aromatic N) is 6. The van der Waals surface area contributed by atoms with Gasteiger partial charge in [-0.2, -0.15) is 0 Å². The van der Waals surface area contributed by atoms with E-state index in [1.165, 1.54) is 0 Å². The highest BCUT2D eigenvalue weighted by molar-refractivity contribution is 14.0. The van der Waals surface area contributed by atoms with Gasteiger partial charge in [0, 0.05) is 85.5 Å². The second kappa shape index (κ2) is 13.5. The normalized spacial score (nSPS) is 22.0. The maximum atomic E-state index is 12.7. The molecule has 184 valence electrons. The molecule has 3 aliphatic heterocycles. The standard InChI is InChI=1S/C22H41N7O2.HI/c1-4-23-22(24-7-10-25-11-13-27(14-12-25)20(3)30)29-17-15-26(16-18-29)19(2)21(31)28-8-5-6-9-28;/h19H,4-18H2,1-3H3,(H,23,24);1H. The van der Waals surface area contributed by atoms with Gasteiger partial charge in [-0.25, -0.2) is 0 Å². The van der Waals surface area contributed by atoms with Crippen molar-refractivity contribution in [3.8, 4) is 0 Å². The molecule has 3 fully saturated rings. The van der Waals surface area contributed by atoms with Gasteiger partial charge in [-0.1, -0.05) is 0 Å². The molecule has 1 N–H and O–H groups in total. The molecule has 0 radical (unpaired) electrons. The van der Waals surface area contributed by atoms with Gasteiger partial charge >= 0.3 is 0 Å². The van der Waals surface area contributed by atoms with Crippen LogP contribution < -0.4 is 5.32 Å². The van der Waals surface area contributed by atoms with Crippen molar-refractivity contribution in [2.45, 2.75) is 39.7 Å². The van der Waals surface area contributed by atoms with Crippen molar-refractivity contribution in [2.75, 3.05) is 85.1 Å². The molecule has 0 aromatic heterocycles. The number of carbonyl (C=O) groups excluding carboxylic acids is 2. The zero-order valence-corrected chi connectivity index (χ0v) is 22.4. The Hall–Kier alpha value is -1.14. The first kappa shape index (κ1) is 27.1. The second-order valence-corrected chi connectivity index (χ2v) is 8.81.